The highest BCUT2D eigenvalue weighted by Gasteiger charge is 1.99. The van der Waals surface area contributed by atoms with Gasteiger partial charge in [-0.1, -0.05) is 56.9 Å². The Kier molecular flexibility index (Phi) is 6.17. The lowest BCUT2D eigenvalue weighted by atomic mass is 10.2. The number of phenols is 1. The number of unbranched alkanes of at least 4 members (excludes halogenated alkanes) is 3. The Balaban J connectivity index is 2.12. The maximum atomic E-state index is 9.56. The van der Waals surface area contributed by atoms with Crippen LogP contribution in [0.2, 0.25) is 6.04 Å². The van der Waals surface area contributed by atoms with Gasteiger partial charge in [-0.3, -0.25) is 0 Å². The molecule has 0 aromatic heterocycles. The number of hydrogen-bond acceptors (Lipinski definition) is 1. The van der Waals surface area contributed by atoms with Crippen LogP contribution in [-0.4, -0.2) is 14.6 Å². The Morgan fingerprint density at radius 3 is 2.67 bits per heavy atom. The van der Waals surface area contributed by atoms with Crippen molar-refractivity contribution in [3.63, 3.8) is 0 Å². The minimum Gasteiger partial charge on any atom is -0.508 e. The van der Waals surface area contributed by atoms with Crippen LogP contribution in [0.25, 0.3) is 0 Å². The number of aromatic hydroxyl groups is 1. The second-order valence-corrected chi connectivity index (χ2v) is 5.22. The van der Waals surface area contributed by atoms with Gasteiger partial charge < -0.3 is 5.11 Å². The molecule has 0 atom stereocenters. The Bertz CT molecular complexity index is 273. The van der Waals surface area contributed by atoms with Gasteiger partial charge in [-0.05, 0) is 17.7 Å². The van der Waals surface area contributed by atoms with Crippen molar-refractivity contribution in [3.8, 4) is 5.75 Å². The Morgan fingerprint density at radius 1 is 1.13 bits per heavy atom. The third kappa shape index (κ3) is 5.03. The van der Waals surface area contributed by atoms with Crippen LogP contribution < -0.4 is 0 Å². The largest absolute Gasteiger partial charge is 0.508 e. The van der Waals surface area contributed by atoms with Gasteiger partial charge in [0.15, 0.2) is 0 Å². The number of rotatable bonds is 7. The van der Waals surface area contributed by atoms with Crippen molar-refractivity contribution in [1.82, 2.24) is 0 Å². The highest BCUT2D eigenvalue weighted by Crippen LogP contribution is 2.16. The summed E-state index contributed by atoms with van der Waals surface area (Å²) < 4.78 is 0. The smallest absolute Gasteiger partial charge is 0.118 e. The molecular formula is C13H20OSi. The summed E-state index contributed by atoms with van der Waals surface area (Å²) in [6, 6.07) is 10.0. The lowest BCUT2D eigenvalue weighted by Gasteiger charge is -2.03. The minimum atomic E-state index is 0.457. The molecule has 0 bridgehead atoms. The van der Waals surface area contributed by atoms with E-state index in [9.17, 15) is 5.11 Å². The van der Waals surface area contributed by atoms with E-state index in [2.05, 4.69) is 6.92 Å². The fourth-order valence-corrected chi connectivity index (χ4v) is 2.81. The van der Waals surface area contributed by atoms with Crippen molar-refractivity contribution in [2.24, 2.45) is 0 Å². The summed E-state index contributed by atoms with van der Waals surface area (Å²) in [6.07, 6.45) is 5.38. The van der Waals surface area contributed by atoms with Gasteiger partial charge in [0.2, 0.25) is 0 Å². The molecule has 0 aliphatic carbocycles. The zero-order valence-electron chi connectivity index (χ0n) is 9.50. The maximum Gasteiger partial charge on any atom is 0.118 e. The summed E-state index contributed by atoms with van der Waals surface area (Å²) in [7, 11) is 0.957. The topological polar surface area (TPSA) is 20.2 Å². The van der Waals surface area contributed by atoms with Crippen LogP contribution in [0.5, 0.6) is 5.75 Å². The van der Waals surface area contributed by atoms with E-state index in [0.717, 1.165) is 21.1 Å². The molecule has 0 fully saturated rings. The van der Waals surface area contributed by atoms with Crippen LogP contribution >= 0.6 is 0 Å². The van der Waals surface area contributed by atoms with Gasteiger partial charge in [0.25, 0.3) is 0 Å². The van der Waals surface area contributed by atoms with Crippen molar-refractivity contribution in [3.05, 3.63) is 29.8 Å². The van der Waals surface area contributed by atoms with E-state index in [0.29, 0.717) is 5.75 Å². The number of phenolic OH excluding ortho intramolecular Hbond substituents is 1. The van der Waals surface area contributed by atoms with Crippen molar-refractivity contribution in [1.29, 1.82) is 0 Å². The monoisotopic (exact) mass is 220 g/mol. The van der Waals surface area contributed by atoms with E-state index in [1.54, 1.807) is 6.07 Å². The highest BCUT2D eigenvalue weighted by atomic mass is 28.2. The van der Waals surface area contributed by atoms with Crippen molar-refractivity contribution in [2.45, 2.75) is 44.7 Å². The normalized spacial score (nSPS) is 10.5. The van der Waals surface area contributed by atoms with Crippen LogP contribution in [0.15, 0.2) is 24.3 Å². The van der Waals surface area contributed by atoms with Crippen LogP contribution in [0.1, 0.15) is 38.2 Å². The molecule has 1 N–H and O–H groups in total. The summed E-state index contributed by atoms with van der Waals surface area (Å²) in [4.78, 5) is 0. The highest BCUT2D eigenvalue weighted by molar-refractivity contribution is 6.34. The Labute approximate surface area is 95.4 Å². The van der Waals surface area contributed by atoms with E-state index < -0.39 is 0 Å². The van der Waals surface area contributed by atoms with E-state index >= 15 is 0 Å². The lowest BCUT2D eigenvalue weighted by molar-refractivity contribution is 0.470. The van der Waals surface area contributed by atoms with Gasteiger partial charge in [0.05, 0.1) is 0 Å². The molecule has 0 amide bonds. The molecule has 0 aliphatic rings. The van der Waals surface area contributed by atoms with Crippen molar-refractivity contribution >= 4 is 9.52 Å². The second kappa shape index (κ2) is 7.52. The summed E-state index contributed by atoms with van der Waals surface area (Å²) in [5, 5.41) is 9.56. The molecule has 0 saturated carbocycles. The third-order valence-corrected chi connectivity index (χ3v) is 3.85. The second-order valence-electron chi connectivity index (χ2n) is 3.87. The zero-order chi connectivity index (χ0) is 10.9. The third-order valence-electron chi connectivity index (χ3n) is 2.51. The van der Waals surface area contributed by atoms with Gasteiger partial charge in [0, 0.05) is 9.52 Å². The van der Waals surface area contributed by atoms with Crippen LogP contribution in [0, 0.1) is 0 Å². The molecule has 0 unspecified atom stereocenters. The van der Waals surface area contributed by atoms with Gasteiger partial charge >= 0.3 is 0 Å². The summed E-state index contributed by atoms with van der Waals surface area (Å²) >= 11 is 0. The first kappa shape index (κ1) is 12.3. The SMILES string of the molecule is CCCCCC[Si]Cc1ccccc1O. The average molecular weight is 220 g/mol. The molecule has 2 radical (unpaired) electrons. The van der Waals surface area contributed by atoms with Crippen LogP contribution in [0.4, 0.5) is 0 Å². The quantitative estimate of drug-likeness (QED) is 0.550. The fraction of sp³-hybridized carbons (Fsp3) is 0.538. The lowest BCUT2D eigenvalue weighted by Crippen LogP contribution is -1.96. The van der Waals surface area contributed by atoms with Crippen molar-refractivity contribution < 1.29 is 5.11 Å². The van der Waals surface area contributed by atoms with Crippen LogP contribution in [0.3, 0.4) is 0 Å². The summed E-state index contributed by atoms with van der Waals surface area (Å²) in [5.41, 5.74) is 1.10. The molecule has 82 valence electrons. The number of para-hydroxylation sites is 1. The first-order chi connectivity index (χ1) is 7.34. The van der Waals surface area contributed by atoms with Crippen molar-refractivity contribution in [2.75, 3.05) is 0 Å². The van der Waals surface area contributed by atoms with E-state index in [1.165, 1.54) is 31.7 Å². The molecule has 0 aliphatic heterocycles. The van der Waals surface area contributed by atoms with E-state index in [-0.39, 0.29) is 0 Å². The van der Waals surface area contributed by atoms with E-state index in [4.69, 9.17) is 0 Å². The molecule has 1 rings (SSSR count). The van der Waals surface area contributed by atoms with Gasteiger partial charge in [-0.25, -0.2) is 0 Å². The summed E-state index contributed by atoms with van der Waals surface area (Å²) in [5.74, 6) is 0.457. The predicted octanol–water partition coefficient (Wildman–Crippen LogP) is 3.60. The molecule has 1 aromatic carbocycles. The Morgan fingerprint density at radius 2 is 1.93 bits per heavy atom. The maximum absolute atomic E-state index is 9.56. The minimum absolute atomic E-state index is 0.457. The van der Waals surface area contributed by atoms with Gasteiger partial charge in [-0.15, -0.1) is 0 Å². The van der Waals surface area contributed by atoms with Crippen LogP contribution in [-0.2, 0) is 6.04 Å². The van der Waals surface area contributed by atoms with Gasteiger partial charge in [-0.2, -0.15) is 0 Å². The molecule has 0 spiro atoms. The molecule has 1 nitrogen and oxygen atoms in total. The molecule has 15 heavy (non-hydrogen) atoms. The molecule has 2 heteroatoms. The Hall–Kier alpha value is -0.763. The predicted molar refractivity (Wildman–Crippen MR) is 66.5 cm³/mol. The molecule has 1 aromatic rings. The summed E-state index contributed by atoms with van der Waals surface area (Å²) in [6.45, 7) is 2.24. The number of benzene rings is 1. The zero-order valence-corrected chi connectivity index (χ0v) is 10.5. The standard InChI is InChI=1S/C13H20OSi/c1-2-3-4-7-10-15-11-12-8-5-6-9-13(12)14/h5-6,8-9,14H,2-4,7,10-11H2,1H3. The van der Waals surface area contributed by atoms with Gasteiger partial charge in [0.1, 0.15) is 5.75 Å². The molecule has 0 saturated heterocycles. The van der Waals surface area contributed by atoms with E-state index in [1.807, 2.05) is 18.2 Å². The molecule has 0 heterocycles. The fourth-order valence-electron chi connectivity index (χ4n) is 1.56. The number of hydrogen-bond donors (Lipinski definition) is 1. The molecular weight excluding hydrogens is 200 g/mol. The first-order valence-electron chi connectivity index (χ1n) is 5.82. The average Bonchev–Trinajstić information content (AvgIpc) is 2.25. The first-order valence-corrected chi connectivity index (χ1v) is 7.23.